The molecule has 0 aliphatic carbocycles. The summed E-state index contributed by atoms with van der Waals surface area (Å²) in [5, 5.41) is 0.964. The van der Waals surface area contributed by atoms with Gasteiger partial charge in [0.1, 0.15) is 22.2 Å². The number of rotatable bonds is 4. The second-order valence-corrected chi connectivity index (χ2v) is 9.48. The van der Waals surface area contributed by atoms with Crippen LogP contribution < -0.4 is 9.47 Å². The topological polar surface area (TPSA) is 64.6 Å². The lowest BCUT2D eigenvalue weighted by Crippen LogP contribution is -2.20. The summed E-state index contributed by atoms with van der Waals surface area (Å²) in [6.45, 7) is 9.15. The maximum absolute atomic E-state index is 11.9. The minimum atomic E-state index is -0.200. The van der Waals surface area contributed by atoms with Gasteiger partial charge in [-0.25, -0.2) is 4.98 Å². The average molecular weight is 424 g/mol. The van der Waals surface area contributed by atoms with Crippen LogP contribution in [-0.4, -0.2) is 33.9 Å². The molecule has 4 heterocycles. The monoisotopic (exact) mass is 423 g/mol. The fraction of sp³-hybridized carbons (Fsp3) is 0.435. The predicted octanol–water partition coefficient (Wildman–Crippen LogP) is 5.11. The van der Waals surface area contributed by atoms with Crippen molar-refractivity contribution in [3.8, 4) is 17.4 Å². The van der Waals surface area contributed by atoms with Crippen LogP contribution >= 0.6 is 11.3 Å². The third kappa shape index (κ3) is 3.56. The second-order valence-electron chi connectivity index (χ2n) is 8.27. The number of hydrogen-bond donors (Lipinski definition) is 0. The van der Waals surface area contributed by atoms with E-state index >= 15 is 0 Å². The first-order chi connectivity index (χ1) is 14.5. The van der Waals surface area contributed by atoms with Crippen molar-refractivity contribution < 1.29 is 14.3 Å². The van der Waals surface area contributed by atoms with Gasteiger partial charge >= 0.3 is 5.97 Å². The number of esters is 1. The molecule has 6 nitrogen and oxygen atoms in total. The Morgan fingerprint density at radius 2 is 2.03 bits per heavy atom. The summed E-state index contributed by atoms with van der Waals surface area (Å²) in [6.07, 6.45) is 2.87. The number of ether oxygens (including phenoxy) is 2. The van der Waals surface area contributed by atoms with Gasteiger partial charge in [0.15, 0.2) is 0 Å². The van der Waals surface area contributed by atoms with Crippen LogP contribution in [0.1, 0.15) is 53.9 Å². The number of carbonyl (C=O) groups excluding carboxylic acids is 1. The van der Waals surface area contributed by atoms with Crippen molar-refractivity contribution in [2.75, 3.05) is 13.1 Å². The molecule has 0 spiro atoms. The second kappa shape index (κ2) is 7.63. The molecule has 0 saturated carbocycles. The van der Waals surface area contributed by atoms with Gasteiger partial charge in [0.2, 0.25) is 5.88 Å². The SMILES string of the molecule is Cc1sc2nc(CN3CCCC3)nc(Oc3ccc4c(c3)OC(=O)CC4C)c2c1C. The highest BCUT2D eigenvalue weighted by atomic mass is 32.1. The summed E-state index contributed by atoms with van der Waals surface area (Å²) in [5.41, 5.74) is 2.18. The Hall–Kier alpha value is -2.51. The van der Waals surface area contributed by atoms with Crippen LogP contribution in [0.25, 0.3) is 10.2 Å². The highest BCUT2D eigenvalue weighted by molar-refractivity contribution is 7.18. The Morgan fingerprint density at radius 1 is 1.23 bits per heavy atom. The van der Waals surface area contributed by atoms with Gasteiger partial charge in [-0.15, -0.1) is 11.3 Å². The van der Waals surface area contributed by atoms with Crippen molar-refractivity contribution in [1.82, 2.24) is 14.9 Å². The van der Waals surface area contributed by atoms with Gasteiger partial charge in [-0.2, -0.15) is 4.98 Å². The largest absolute Gasteiger partial charge is 0.438 e. The van der Waals surface area contributed by atoms with Gasteiger partial charge in [0.25, 0.3) is 0 Å². The number of likely N-dealkylation sites (tertiary alicyclic amines) is 1. The summed E-state index contributed by atoms with van der Waals surface area (Å²) in [5.74, 6) is 2.51. The standard InChI is InChI=1S/C23H25N3O3S/c1-13-10-20(27)29-18-11-16(6-7-17(13)18)28-22-21-14(2)15(3)30-23(21)25-19(24-22)12-26-8-4-5-9-26/h6-7,11,13H,4-5,8-10,12H2,1-3H3. The summed E-state index contributed by atoms with van der Waals surface area (Å²) >= 11 is 1.68. The first-order valence-corrected chi connectivity index (χ1v) is 11.3. The summed E-state index contributed by atoms with van der Waals surface area (Å²) in [6, 6.07) is 5.71. The number of aromatic nitrogens is 2. The number of nitrogens with zero attached hydrogens (tertiary/aromatic N) is 3. The van der Waals surface area contributed by atoms with E-state index in [1.54, 1.807) is 17.4 Å². The molecule has 0 radical (unpaired) electrons. The Balaban J connectivity index is 1.52. The Morgan fingerprint density at radius 3 is 2.83 bits per heavy atom. The third-order valence-electron chi connectivity index (χ3n) is 6.03. The van der Waals surface area contributed by atoms with E-state index in [9.17, 15) is 4.79 Å². The summed E-state index contributed by atoms with van der Waals surface area (Å²) < 4.78 is 11.7. The first-order valence-electron chi connectivity index (χ1n) is 10.5. The molecule has 2 aliphatic heterocycles. The minimum Gasteiger partial charge on any atom is -0.438 e. The summed E-state index contributed by atoms with van der Waals surface area (Å²) in [4.78, 5) is 26.0. The quantitative estimate of drug-likeness (QED) is 0.429. The molecule has 1 saturated heterocycles. The number of hydrogen-bond acceptors (Lipinski definition) is 7. The number of benzene rings is 1. The minimum absolute atomic E-state index is 0.148. The third-order valence-corrected chi connectivity index (χ3v) is 7.13. The normalized spacial score (nSPS) is 19.2. The molecule has 0 N–H and O–H groups in total. The Kier molecular flexibility index (Phi) is 4.95. The fourth-order valence-electron chi connectivity index (χ4n) is 4.25. The van der Waals surface area contributed by atoms with Gasteiger partial charge in [0.05, 0.1) is 18.4 Å². The molecule has 7 heteroatoms. The molecule has 0 amide bonds. The number of thiophene rings is 1. The molecule has 30 heavy (non-hydrogen) atoms. The molecule has 0 bridgehead atoms. The van der Waals surface area contributed by atoms with Crippen LogP contribution in [-0.2, 0) is 11.3 Å². The van der Waals surface area contributed by atoms with Crippen LogP contribution in [0.3, 0.4) is 0 Å². The van der Waals surface area contributed by atoms with Crippen molar-refractivity contribution in [3.63, 3.8) is 0 Å². The molecular formula is C23H25N3O3S. The van der Waals surface area contributed by atoms with E-state index in [0.717, 1.165) is 46.8 Å². The molecule has 2 aromatic heterocycles. The zero-order valence-electron chi connectivity index (χ0n) is 17.5. The average Bonchev–Trinajstić information content (AvgIpc) is 3.29. The van der Waals surface area contributed by atoms with E-state index < -0.39 is 0 Å². The molecule has 2 aliphatic rings. The van der Waals surface area contributed by atoms with E-state index in [0.29, 0.717) is 23.8 Å². The van der Waals surface area contributed by atoms with E-state index in [1.807, 2.05) is 19.1 Å². The zero-order valence-corrected chi connectivity index (χ0v) is 18.3. The first kappa shape index (κ1) is 19.5. The van der Waals surface area contributed by atoms with Crippen LogP contribution in [0, 0.1) is 13.8 Å². The molecule has 1 atom stereocenters. The van der Waals surface area contributed by atoms with Crippen LogP contribution in [0.5, 0.6) is 17.4 Å². The Bertz CT molecular complexity index is 1130. The maximum Gasteiger partial charge on any atom is 0.311 e. The molecular weight excluding hydrogens is 398 g/mol. The molecule has 156 valence electrons. The lowest BCUT2D eigenvalue weighted by atomic mass is 9.95. The number of carbonyl (C=O) groups is 1. The lowest BCUT2D eigenvalue weighted by Gasteiger charge is -2.21. The van der Waals surface area contributed by atoms with E-state index in [1.165, 1.54) is 17.7 Å². The summed E-state index contributed by atoms with van der Waals surface area (Å²) in [7, 11) is 0. The van der Waals surface area contributed by atoms with Crippen molar-refractivity contribution in [2.24, 2.45) is 0 Å². The van der Waals surface area contributed by atoms with Crippen molar-refractivity contribution in [2.45, 2.75) is 52.5 Å². The van der Waals surface area contributed by atoms with Gasteiger partial charge in [-0.1, -0.05) is 13.0 Å². The van der Waals surface area contributed by atoms with Crippen molar-refractivity contribution >= 4 is 27.5 Å². The van der Waals surface area contributed by atoms with Gasteiger partial charge in [-0.3, -0.25) is 9.69 Å². The van der Waals surface area contributed by atoms with Crippen LogP contribution in [0.2, 0.25) is 0 Å². The molecule has 3 aromatic rings. The molecule has 1 unspecified atom stereocenters. The van der Waals surface area contributed by atoms with Gasteiger partial charge in [-0.05, 0) is 62.9 Å². The number of fused-ring (bicyclic) bond motifs is 2. The van der Waals surface area contributed by atoms with Crippen molar-refractivity contribution in [1.29, 1.82) is 0 Å². The fourth-order valence-corrected chi connectivity index (χ4v) is 5.29. The van der Waals surface area contributed by atoms with E-state index in [4.69, 9.17) is 19.4 Å². The van der Waals surface area contributed by atoms with Crippen LogP contribution in [0.15, 0.2) is 18.2 Å². The van der Waals surface area contributed by atoms with Crippen molar-refractivity contribution in [3.05, 3.63) is 40.0 Å². The zero-order chi connectivity index (χ0) is 20.8. The maximum atomic E-state index is 11.9. The highest BCUT2D eigenvalue weighted by Gasteiger charge is 2.25. The van der Waals surface area contributed by atoms with Gasteiger partial charge in [0, 0.05) is 10.9 Å². The smallest absolute Gasteiger partial charge is 0.311 e. The lowest BCUT2D eigenvalue weighted by molar-refractivity contribution is -0.135. The number of aryl methyl sites for hydroxylation is 2. The Labute approximate surface area is 179 Å². The predicted molar refractivity (Wildman–Crippen MR) is 117 cm³/mol. The van der Waals surface area contributed by atoms with Crippen LogP contribution in [0.4, 0.5) is 0 Å². The molecule has 5 rings (SSSR count). The molecule has 1 fully saturated rings. The molecule has 1 aromatic carbocycles. The highest BCUT2D eigenvalue weighted by Crippen LogP contribution is 2.40. The van der Waals surface area contributed by atoms with E-state index in [-0.39, 0.29) is 11.9 Å². The van der Waals surface area contributed by atoms with Gasteiger partial charge < -0.3 is 9.47 Å². The van der Waals surface area contributed by atoms with E-state index in [2.05, 4.69) is 18.7 Å².